The van der Waals surface area contributed by atoms with Gasteiger partial charge in [-0.25, -0.2) is 14.4 Å². The second-order valence-corrected chi connectivity index (χ2v) is 7.55. The average molecular weight is 432 g/mol. The first-order chi connectivity index (χ1) is 12.7. The Morgan fingerprint density at radius 3 is 2.19 bits per heavy atom. The van der Waals surface area contributed by atoms with Crippen molar-refractivity contribution < 1.29 is 24.2 Å². The molecule has 142 valence electrons. The molecule has 0 bridgehead atoms. The molecule has 0 aliphatic rings. The van der Waals surface area contributed by atoms with Gasteiger partial charge in [-0.2, -0.15) is 0 Å². The summed E-state index contributed by atoms with van der Waals surface area (Å²) in [5, 5.41) is 13.6. The van der Waals surface area contributed by atoms with Gasteiger partial charge in [0.1, 0.15) is 0 Å². The van der Waals surface area contributed by atoms with Crippen LogP contribution in [-0.4, -0.2) is 33.1 Å². The number of esters is 1. The van der Waals surface area contributed by atoms with E-state index in [0.717, 1.165) is 0 Å². The van der Waals surface area contributed by atoms with Crippen LogP contribution in [0.5, 0.6) is 0 Å². The molecular formula is C17H13Cl3N2O5. The molecule has 0 saturated carbocycles. The van der Waals surface area contributed by atoms with Gasteiger partial charge >= 0.3 is 18.0 Å². The zero-order valence-electron chi connectivity index (χ0n) is 13.5. The molecule has 7 nitrogen and oxygen atoms in total. The molecule has 27 heavy (non-hydrogen) atoms. The number of carbonyl (C=O) groups is 3. The smallest absolute Gasteiger partial charge is 0.340 e. The molecule has 0 aromatic heterocycles. The summed E-state index contributed by atoms with van der Waals surface area (Å²) in [5.41, 5.74) is 0.360. The van der Waals surface area contributed by atoms with Gasteiger partial charge in [-0.1, -0.05) is 59.1 Å². The van der Waals surface area contributed by atoms with Crippen molar-refractivity contribution in [3.63, 3.8) is 0 Å². The molecule has 1 unspecified atom stereocenters. The molecular weight excluding hydrogens is 419 g/mol. The van der Waals surface area contributed by atoms with E-state index in [-0.39, 0.29) is 16.8 Å². The largest absolute Gasteiger partial charge is 0.478 e. The number of nitrogens with one attached hydrogen (secondary N) is 2. The molecule has 2 aromatic rings. The summed E-state index contributed by atoms with van der Waals surface area (Å²) in [6.45, 7) is 0. The fourth-order valence-corrected chi connectivity index (χ4v) is 2.24. The van der Waals surface area contributed by atoms with Gasteiger partial charge in [-0.15, -0.1) is 0 Å². The highest BCUT2D eigenvalue weighted by atomic mass is 35.6. The first-order valence-electron chi connectivity index (χ1n) is 7.40. The van der Waals surface area contributed by atoms with Crippen LogP contribution in [0.2, 0.25) is 0 Å². The van der Waals surface area contributed by atoms with E-state index in [1.54, 1.807) is 18.2 Å². The SMILES string of the molecule is O=C(Nc1cccc(C(=O)O)c1)NC(OC(=O)c1ccccc1)C(Cl)(Cl)Cl. The molecule has 10 heteroatoms. The number of aromatic carboxylic acids is 1. The fraction of sp³-hybridized carbons (Fsp3) is 0.118. The Labute approximate surface area is 169 Å². The van der Waals surface area contributed by atoms with Crippen molar-refractivity contribution in [1.29, 1.82) is 0 Å². The Morgan fingerprint density at radius 2 is 1.59 bits per heavy atom. The average Bonchev–Trinajstić information content (AvgIpc) is 2.61. The summed E-state index contributed by atoms with van der Waals surface area (Å²) in [7, 11) is 0. The number of amides is 2. The lowest BCUT2D eigenvalue weighted by molar-refractivity contribution is 0.0261. The summed E-state index contributed by atoms with van der Waals surface area (Å²) < 4.78 is 2.92. The minimum absolute atomic E-state index is 0.0266. The molecule has 0 radical (unpaired) electrons. The van der Waals surface area contributed by atoms with Crippen LogP contribution in [0.25, 0.3) is 0 Å². The molecule has 2 aromatic carbocycles. The van der Waals surface area contributed by atoms with Crippen molar-refractivity contribution in [2.75, 3.05) is 5.32 Å². The van der Waals surface area contributed by atoms with Gasteiger partial charge in [0, 0.05) is 5.69 Å². The van der Waals surface area contributed by atoms with Crippen LogP contribution in [0.15, 0.2) is 54.6 Å². The van der Waals surface area contributed by atoms with Gasteiger partial charge < -0.3 is 15.2 Å². The molecule has 0 heterocycles. The fourth-order valence-electron chi connectivity index (χ4n) is 1.94. The second kappa shape index (κ2) is 8.94. The zero-order chi connectivity index (χ0) is 20.0. The van der Waals surface area contributed by atoms with E-state index in [9.17, 15) is 14.4 Å². The Bertz CT molecular complexity index is 840. The highest BCUT2D eigenvalue weighted by Crippen LogP contribution is 2.31. The van der Waals surface area contributed by atoms with Crippen molar-refractivity contribution in [3.8, 4) is 0 Å². The number of benzene rings is 2. The van der Waals surface area contributed by atoms with Gasteiger partial charge in [-0.05, 0) is 30.3 Å². The number of hydrogen-bond acceptors (Lipinski definition) is 4. The summed E-state index contributed by atoms with van der Waals surface area (Å²) in [5.74, 6) is -1.96. The van der Waals surface area contributed by atoms with Crippen molar-refractivity contribution in [2.45, 2.75) is 10.0 Å². The van der Waals surface area contributed by atoms with Crippen molar-refractivity contribution in [2.24, 2.45) is 0 Å². The molecule has 1 atom stereocenters. The number of halogens is 3. The zero-order valence-corrected chi connectivity index (χ0v) is 15.8. The van der Waals surface area contributed by atoms with Crippen LogP contribution in [0.3, 0.4) is 0 Å². The van der Waals surface area contributed by atoms with Crippen LogP contribution in [0.1, 0.15) is 20.7 Å². The van der Waals surface area contributed by atoms with Gasteiger partial charge in [-0.3, -0.25) is 5.32 Å². The van der Waals surface area contributed by atoms with E-state index in [1.807, 2.05) is 0 Å². The number of anilines is 1. The van der Waals surface area contributed by atoms with Crippen LogP contribution in [0.4, 0.5) is 10.5 Å². The van der Waals surface area contributed by atoms with Crippen molar-refractivity contribution in [3.05, 3.63) is 65.7 Å². The Hall–Kier alpha value is -2.48. The van der Waals surface area contributed by atoms with Crippen LogP contribution in [0, 0.1) is 0 Å². The topological polar surface area (TPSA) is 105 Å². The van der Waals surface area contributed by atoms with E-state index in [2.05, 4.69) is 10.6 Å². The summed E-state index contributed by atoms with van der Waals surface area (Å²) >= 11 is 17.3. The minimum atomic E-state index is -2.15. The van der Waals surface area contributed by atoms with Crippen LogP contribution in [-0.2, 0) is 4.74 Å². The monoisotopic (exact) mass is 430 g/mol. The highest BCUT2D eigenvalue weighted by molar-refractivity contribution is 6.68. The maximum absolute atomic E-state index is 12.1. The first-order valence-corrected chi connectivity index (χ1v) is 8.54. The lowest BCUT2D eigenvalue weighted by atomic mass is 10.2. The number of urea groups is 1. The standard InChI is InChI=1S/C17H13Cl3N2O5/c18-17(19,20)15(27-14(25)10-5-2-1-3-6-10)22-16(26)21-12-8-4-7-11(9-12)13(23)24/h1-9,15H,(H,23,24)(H2,21,22,26). The summed E-state index contributed by atoms with van der Waals surface area (Å²) in [6, 6.07) is 12.6. The number of hydrogen-bond donors (Lipinski definition) is 3. The number of rotatable bonds is 5. The maximum atomic E-state index is 12.1. The van der Waals surface area contributed by atoms with E-state index in [4.69, 9.17) is 44.6 Å². The maximum Gasteiger partial charge on any atom is 0.340 e. The van der Waals surface area contributed by atoms with Gasteiger partial charge in [0.25, 0.3) is 0 Å². The predicted molar refractivity (Wildman–Crippen MR) is 101 cm³/mol. The van der Waals surface area contributed by atoms with E-state index < -0.39 is 28.0 Å². The van der Waals surface area contributed by atoms with Crippen molar-refractivity contribution >= 4 is 58.5 Å². The molecule has 0 saturated heterocycles. The Kier molecular flexibility index (Phi) is 6.90. The summed E-state index contributed by atoms with van der Waals surface area (Å²) in [4.78, 5) is 35.2. The third kappa shape index (κ3) is 6.32. The van der Waals surface area contributed by atoms with Gasteiger partial charge in [0.15, 0.2) is 0 Å². The lowest BCUT2D eigenvalue weighted by Crippen LogP contribution is -2.48. The molecule has 3 N–H and O–H groups in total. The predicted octanol–water partition coefficient (Wildman–Crippen LogP) is 4.06. The third-order valence-electron chi connectivity index (χ3n) is 3.16. The highest BCUT2D eigenvalue weighted by Gasteiger charge is 2.37. The second-order valence-electron chi connectivity index (χ2n) is 5.18. The minimum Gasteiger partial charge on any atom is -0.478 e. The molecule has 2 amide bonds. The molecule has 0 spiro atoms. The number of carbonyl (C=O) groups excluding carboxylic acids is 2. The Morgan fingerprint density at radius 1 is 0.963 bits per heavy atom. The molecule has 0 aliphatic carbocycles. The number of carboxylic acid groups (broad SMARTS) is 1. The summed E-state index contributed by atoms with van der Waals surface area (Å²) in [6.07, 6.45) is -1.60. The van der Waals surface area contributed by atoms with Crippen LogP contribution < -0.4 is 10.6 Å². The lowest BCUT2D eigenvalue weighted by Gasteiger charge is -2.25. The third-order valence-corrected chi connectivity index (χ3v) is 3.76. The van der Waals surface area contributed by atoms with Crippen LogP contribution >= 0.6 is 34.8 Å². The first kappa shape index (κ1) is 20.8. The normalized spacial score (nSPS) is 12.0. The van der Waals surface area contributed by atoms with E-state index in [1.165, 1.54) is 36.4 Å². The molecule has 0 fully saturated rings. The Balaban J connectivity index is 2.07. The molecule has 0 aliphatic heterocycles. The van der Waals surface area contributed by atoms with Gasteiger partial charge in [0.05, 0.1) is 11.1 Å². The van der Waals surface area contributed by atoms with E-state index >= 15 is 0 Å². The number of ether oxygens (including phenoxy) is 1. The van der Waals surface area contributed by atoms with Gasteiger partial charge in [0.2, 0.25) is 10.0 Å². The molecule has 2 rings (SSSR count). The van der Waals surface area contributed by atoms with Crippen molar-refractivity contribution in [1.82, 2.24) is 5.32 Å². The number of alkyl halides is 3. The quantitative estimate of drug-likeness (QED) is 0.376. The number of carboxylic acids is 1. The van der Waals surface area contributed by atoms with E-state index in [0.29, 0.717) is 0 Å².